The average molecular weight is 204 g/mol. The molecule has 0 aliphatic carbocycles. The third kappa shape index (κ3) is 3.24. The second-order valence-corrected chi connectivity index (χ2v) is 3.89. The molecule has 0 fully saturated rings. The van der Waals surface area contributed by atoms with Crippen LogP contribution in [-0.2, 0) is 6.42 Å². The summed E-state index contributed by atoms with van der Waals surface area (Å²) in [5, 5.41) is 9.45. The zero-order valence-electron chi connectivity index (χ0n) is 9.37. The van der Waals surface area contributed by atoms with Crippen molar-refractivity contribution < 1.29 is 9.90 Å². The first kappa shape index (κ1) is 11.5. The van der Waals surface area contributed by atoms with E-state index in [0.717, 1.165) is 12.0 Å². The molecule has 15 heavy (non-hydrogen) atoms. The lowest BCUT2D eigenvalue weighted by Crippen LogP contribution is -1.94. The smallest absolute Gasteiger partial charge is 0.163 e. The third-order valence-corrected chi connectivity index (χ3v) is 2.19. The number of aromatic hydroxyl groups is 1. The van der Waals surface area contributed by atoms with Crippen LogP contribution in [0.15, 0.2) is 29.8 Å². The van der Waals surface area contributed by atoms with Crippen LogP contribution in [0.1, 0.15) is 36.7 Å². The van der Waals surface area contributed by atoms with Crippen LogP contribution in [-0.4, -0.2) is 10.9 Å². The highest BCUT2D eigenvalue weighted by Gasteiger charge is 2.06. The number of phenols is 1. The maximum absolute atomic E-state index is 11.2. The van der Waals surface area contributed by atoms with E-state index in [1.807, 2.05) is 19.9 Å². The van der Waals surface area contributed by atoms with E-state index in [2.05, 4.69) is 6.08 Å². The molecule has 0 saturated heterocycles. The minimum Gasteiger partial charge on any atom is -0.507 e. The Hall–Kier alpha value is -1.57. The van der Waals surface area contributed by atoms with Gasteiger partial charge in [0.25, 0.3) is 0 Å². The molecule has 0 aromatic heterocycles. The van der Waals surface area contributed by atoms with Gasteiger partial charge < -0.3 is 5.11 Å². The number of ketones is 1. The zero-order chi connectivity index (χ0) is 11.4. The van der Waals surface area contributed by atoms with Gasteiger partial charge in [-0.3, -0.25) is 4.79 Å². The molecule has 0 bridgehead atoms. The second-order valence-electron chi connectivity index (χ2n) is 3.89. The van der Waals surface area contributed by atoms with Crippen molar-refractivity contribution in [1.29, 1.82) is 0 Å². The first-order valence-electron chi connectivity index (χ1n) is 4.97. The summed E-state index contributed by atoms with van der Waals surface area (Å²) in [5.41, 5.74) is 2.68. The fourth-order valence-corrected chi connectivity index (χ4v) is 1.31. The standard InChI is InChI=1S/C13H16O2/c1-9(2)4-5-11-6-7-13(15)12(8-11)10(3)14/h4,6-8,15H,5H2,1-3H3. The van der Waals surface area contributed by atoms with Crippen molar-refractivity contribution in [2.24, 2.45) is 0 Å². The fraction of sp³-hybridized carbons (Fsp3) is 0.308. The van der Waals surface area contributed by atoms with Gasteiger partial charge in [0.05, 0.1) is 5.56 Å². The number of carbonyl (C=O) groups is 1. The Bertz CT molecular complexity index is 399. The molecular weight excluding hydrogens is 188 g/mol. The van der Waals surface area contributed by atoms with Crippen LogP contribution < -0.4 is 0 Å². The number of phenolic OH excluding ortho intramolecular Hbond substituents is 1. The van der Waals surface area contributed by atoms with Gasteiger partial charge in [0, 0.05) is 0 Å². The molecule has 1 rings (SSSR count). The van der Waals surface area contributed by atoms with Crippen molar-refractivity contribution in [2.75, 3.05) is 0 Å². The molecule has 80 valence electrons. The summed E-state index contributed by atoms with van der Waals surface area (Å²) in [4.78, 5) is 11.2. The first-order chi connectivity index (χ1) is 7.00. The first-order valence-corrected chi connectivity index (χ1v) is 4.97. The van der Waals surface area contributed by atoms with Gasteiger partial charge in [0.15, 0.2) is 5.78 Å². The van der Waals surface area contributed by atoms with E-state index < -0.39 is 0 Å². The van der Waals surface area contributed by atoms with E-state index in [-0.39, 0.29) is 11.5 Å². The van der Waals surface area contributed by atoms with Crippen molar-refractivity contribution in [2.45, 2.75) is 27.2 Å². The molecule has 1 aromatic carbocycles. The van der Waals surface area contributed by atoms with E-state index in [1.54, 1.807) is 12.1 Å². The molecule has 0 atom stereocenters. The maximum atomic E-state index is 11.2. The van der Waals surface area contributed by atoms with Crippen LogP contribution in [0.2, 0.25) is 0 Å². The summed E-state index contributed by atoms with van der Waals surface area (Å²) in [6.45, 7) is 5.53. The zero-order valence-corrected chi connectivity index (χ0v) is 9.37. The molecule has 1 aromatic rings. The number of hydrogen-bond donors (Lipinski definition) is 1. The highest BCUT2D eigenvalue weighted by atomic mass is 16.3. The van der Waals surface area contributed by atoms with Gasteiger partial charge in [0.1, 0.15) is 5.75 Å². The molecule has 0 aliphatic heterocycles. The summed E-state index contributed by atoms with van der Waals surface area (Å²) < 4.78 is 0. The van der Waals surface area contributed by atoms with Crippen molar-refractivity contribution in [3.63, 3.8) is 0 Å². The van der Waals surface area contributed by atoms with Gasteiger partial charge in [-0.25, -0.2) is 0 Å². The largest absolute Gasteiger partial charge is 0.507 e. The van der Waals surface area contributed by atoms with Crippen molar-refractivity contribution >= 4 is 5.78 Å². The van der Waals surface area contributed by atoms with E-state index in [9.17, 15) is 9.90 Å². The van der Waals surface area contributed by atoms with E-state index >= 15 is 0 Å². The van der Waals surface area contributed by atoms with Gasteiger partial charge in [0.2, 0.25) is 0 Å². The monoisotopic (exact) mass is 204 g/mol. The van der Waals surface area contributed by atoms with Gasteiger partial charge in [-0.2, -0.15) is 0 Å². The lowest BCUT2D eigenvalue weighted by molar-refractivity contribution is 0.101. The molecule has 0 aliphatic rings. The van der Waals surface area contributed by atoms with Gasteiger partial charge in [-0.1, -0.05) is 17.7 Å². The van der Waals surface area contributed by atoms with E-state index in [0.29, 0.717) is 5.56 Å². The molecule has 0 heterocycles. The average Bonchev–Trinajstić information content (AvgIpc) is 2.16. The van der Waals surface area contributed by atoms with Crippen LogP contribution in [0.25, 0.3) is 0 Å². The number of benzene rings is 1. The Morgan fingerprint density at radius 2 is 2.00 bits per heavy atom. The lowest BCUT2D eigenvalue weighted by Gasteiger charge is -2.03. The Kier molecular flexibility index (Phi) is 3.67. The Morgan fingerprint density at radius 1 is 1.33 bits per heavy atom. The highest BCUT2D eigenvalue weighted by Crippen LogP contribution is 2.19. The molecule has 1 N–H and O–H groups in total. The molecule has 0 saturated carbocycles. The van der Waals surface area contributed by atoms with Crippen LogP contribution in [0.3, 0.4) is 0 Å². The molecule has 0 unspecified atom stereocenters. The van der Waals surface area contributed by atoms with Crippen LogP contribution in [0, 0.1) is 0 Å². The maximum Gasteiger partial charge on any atom is 0.163 e. The normalized spacial score (nSPS) is 9.80. The Labute approximate surface area is 90.3 Å². The number of hydrogen-bond acceptors (Lipinski definition) is 2. The quantitative estimate of drug-likeness (QED) is 0.606. The minimum absolute atomic E-state index is 0.0588. The molecule has 0 radical (unpaired) electrons. The summed E-state index contributed by atoms with van der Waals surface area (Å²) in [6, 6.07) is 5.16. The Balaban J connectivity index is 2.98. The fourth-order valence-electron chi connectivity index (χ4n) is 1.31. The molecule has 2 nitrogen and oxygen atoms in total. The number of allylic oxidation sites excluding steroid dienone is 2. The van der Waals surface area contributed by atoms with E-state index in [1.165, 1.54) is 12.5 Å². The predicted octanol–water partition coefficient (Wildman–Crippen LogP) is 3.10. The molecule has 2 heteroatoms. The third-order valence-electron chi connectivity index (χ3n) is 2.19. The summed E-state index contributed by atoms with van der Waals surface area (Å²) in [7, 11) is 0. The number of carbonyl (C=O) groups excluding carboxylic acids is 1. The van der Waals surface area contributed by atoms with Crippen LogP contribution in [0.4, 0.5) is 0 Å². The SMILES string of the molecule is CC(=O)c1cc(CC=C(C)C)ccc1O. The van der Waals surface area contributed by atoms with Crippen LogP contribution >= 0.6 is 0 Å². The van der Waals surface area contributed by atoms with Gasteiger partial charge in [-0.15, -0.1) is 0 Å². The lowest BCUT2D eigenvalue weighted by atomic mass is 10.0. The highest BCUT2D eigenvalue weighted by molar-refractivity contribution is 5.96. The number of Topliss-reactive ketones (excluding diaryl/α,β-unsaturated/α-hetero) is 1. The molecular formula is C13H16O2. The topological polar surface area (TPSA) is 37.3 Å². The summed E-state index contributed by atoms with van der Waals surface area (Å²) >= 11 is 0. The summed E-state index contributed by atoms with van der Waals surface area (Å²) in [6.07, 6.45) is 2.89. The molecule has 0 amide bonds. The summed E-state index contributed by atoms with van der Waals surface area (Å²) in [5.74, 6) is -0.0463. The van der Waals surface area contributed by atoms with Crippen molar-refractivity contribution in [3.8, 4) is 5.75 Å². The number of rotatable bonds is 3. The van der Waals surface area contributed by atoms with Crippen molar-refractivity contribution in [1.82, 2.24) is 0 Å². The van der Waals surface area contributed by atoms with Gasteiger partial charge >= 0.3 is 0 Å². The second kappa shape index (κ2) is 4.78. The van der Waals surface area contributed by atoms with Gasteiger partial charge in [-0.05, 0) is 44.9 Å². The molecule has 0 spiro atoms. The van der Waals surface area contributed by atoms with E-state index in [4.69, 9.17) is 0 Å². The Morgan fingerprint density at radius 3 is 2.53 bits per heavy atom. The van der Waals surface area contributed by atoms with Crippen LogP contribution in [0.5, 0.6) is 5.75 Å². The minimum atomic E-state index is -0.105. The van der Waals surface area contributed by atoms with Crippen molar-refractivity contribution in [3.05, 3.63) is 41.0 Å². The predicted molar refractivity (Wildman–Crippen MR) is 61.2 cm³/mol.